The Labute approximate surface area is 128 Å². The summed E-state index contributed by atoms with van der Waals surface area (Å²) in [5, 5.41) is 0. The van der Waals surface area contributed by atoms with Crippen LogP contribution in [0.25, 0.3) is 0 Å². The summed E-state index contributed by atoms with van der Waals surface area (Å²) < 4.78 is 32.4. The number of nitrogen functional groups attached to an aromatic ring is 1. The van der Waals surface area contributed by atoms with Gasteiger partial charge in [0.25, 0.3) is 0 Å². The fraction of sp³-hybridized carbons (Fsp3) is 0.286. The van der Waals surface area contributed by atoms with Crippen molar-refractivity contribution in [1.82, 2.24) is 4.72 Å². The maximum absolute atomic E-state index is 12.0. The van der Waals surface area contributed by atoms with Crippen LogP contribution >= 0.6 is 11.3 Å². The first-order valence-corrected chi connectivity index (χ1v) is 8.88. The average Bonchev–Trinajstić information content (AvgIpc) is 2.95. The number of hydrogen-bond donors (Lipinski definition) is 2. The number of nitrogens with two attached hydrogens (primary N) is 1. The van der Waals surface area contributed by atoms with Gasteiger partial charge in [0, 0.05) is 17.1 Å². The molecule has 0 saturated heterocycles. The van der Waals surface area contributed by atoms with Gasteiger partial charge in [-0.05, 0) is 42.8 Å². The highest BCUT2D eigenvalue weighted by molar-refractivity contribution is 7.91. The minimum Gasteiger partial charge on any atom is -0.492 e. The summed E-state index contributed by atoms with van der Waals surface area (Å²) >= 11 is 1.29. The zero-order valence-corrected chi connectivity index (χ0v) is 13.3. The Balaban J connectivity index is 1.83. The predicted molar refractivity (Wildman–Crippen MR) is 85.2 cm³/mol. The van der Waals surface area contributed by atoms with Gasteiger partial charge in [-0.25, -0.2) is 13.1 Å². The molecule has 7 heteroatoms. The van der Waals surface area contributed by atoms with Crippen LogP contribution in [0.3, 0.4) is 0 Å². The van der Waals surface area contributed by atoms with Gasteiger partial charge in [-0.1, -0.05) is 6.92 Å². The van der Waals surface area contributed by atoms with Gasteiger partial charge >= 0.3 is 0 Å². The molecule has 1 heterocycles. The number of nitrogens with one attached hydrogen (secondary N) is 1. The summed E-state index contributed by atoms with van der Waals surface area (Å²) in [6, 6.07) is 10.4. The highest BCUT2D eigenvalue weighted by Gasteiger charge is 2.15. The number of aryl methyl sites for hydroxylation is 1. The monoisotopic (exact) mass is 326 g/mol. The van der Waals surface area contributed by atoms with E-state index in [0.717, 1.165) is 11.3 Å². The fourth-order valence-electron chi connectivity index (χ4n) is 1.67. The van der Waals surface area contributed by atoms with E-state index >= 15 is 0 Å². The SMILES string of the molecule is CCc1ccc(S(=O)(=O)NCCOc2ccc(N)cc2)s1. The molecule has 0 atom stereocenters. The molecule has 0 aliphatic heterocycles. The molecule has 0 aliphatic carbocycles. The molecule has 0 aliphatic rings. The molecule has 2 aromatic rings. The van der Waals surface area contributed by atoms with Crippen molar-refractivity contribution in [2.75, 3.05) is 18.9 Å². The molecular weight excluding hydrogens is 308 g/mol. The molecule has 0 radical (unpaired) electrons. The predicted octanol–water partition coefficient (Wildman–Crippen LogP) is 2.25. The molecule has 2 rings (SSSR count). The van der Waals surface area contributed by atoms with Crippen LogP contribution in [0.1, 0.15) is 11.8 Å². The van der Waals surface area contributed by atoms with E-state index < -0.39 is 10.0 Å². The molecule has 21 heavy (non-hydrogen) atoms. The Morgan fingerprint density at radius 1 is 1.19 bits per heavy atom. The van der Waals surface area contributed by atoms with Crippen molar-refractivity contribution >= 4 is 27.0 Å². The topological polar surface area (TPSA) is 81.4 Å². The maximum atomic E-state index is 12.0. The van der Waals surface area contributed by atoms with Gasteiger partial charge in [0.05, 0.1) is 0 Å². The molecular formula is C14H18N2O3S2. The lowest BCUT2D eigenvalue weighted by Crippen LogP contribution is -2.27. The van der Waals surface area contributed by atoms with Crippen molar-refractivity contribution < 1.29 is 13.2 Å². The molecule has 3 N–H and O–H groups in total. The van der Waals surface area contributed by atoms with Gasteiger partial charge in [-0.15, -0.1) is 11.3 Å². The molecule has 0 fully saturated rings. The van der Waals surface area contributed by atoms with Crippen LogP contribution in [-0.2, 0) is 16.4 Å². The van der Waals surface area contributed by atoms with E-state index in [1.807, 2.05) is 13.0 Å². The van der Waals surface area contributed by atoms with Crippen LogP contribution in [-0.4, -0.2) is 21.6 Å². The highest BCUT2D eigenvalue weighted by atomic mass is 32.2. The molecule has 0 spiro atoms. The fourth-order valence-corrected chi connectivity index (χ4v) is 4.03. The molecule has 114 valence electrons. The molecule has 0 amide bonds. The van der Waals surface area contributed by atoms with Crippen LogP contribution in [0.15, 0.2) is 40.6 Å². The lowest BCUT2D eigenvalue weighted by Gasteiger charge is -2.07. The number of sulfonamides is 1. The largest absolute Gasteiger partial charge is 0.492 e. The lowest BCUT2D eigenvalue weighted by atomic mass is 10.3. The van der Waals surface area contributed by atoms with Crippen LogP contribution in [0.5, 0.6) is 5.75 Å². The number of benzene rings is 1. The van der Waals surface area contributed by atoms with Crippen molar-refractivity contribution in [2.24, 2.45) is 0 Å². The standard InChI is InChI=1S/C14H18N2O3S2/c1-2-13-7-8-14(20-13)21(17,18)16-9-10-19-12-5-3-11(15)4-6-12/h3-8,16H,2,9-10,15H2,1H3. The Morgan fingerprint density at radius 3 is 2.52 bits per heavy atom. The minimum atomic E-state index is -3.44. The third-order valence-electron chi connectivity index (χ3n) is 2.79. The van der Waals surface area contributed by atoms with Gasteiger partial charge < -0.3 is 10.5 Å². The van der Waals surface area contributed by atoms with Gasteiger partial charge in [-0.2, -0.15) is 0 Å². The zero-order valence-electron chi connectivity index (χ0n) is 11.7. The van der Waals surface area contributed by atoms with Crippen molar-refractivity contribution in [3.8, 4) is 5.75 Å². The van der Waals surface area contributed by atoms with Crippen molar-refractivity contribution in [3.05, 3.63) is 41.3 Å². The number of anilines is 1. The normalized spacial score (nSPS) is 11.5. The zero-order chi connectivity index (χ0) is 15.3. The Bertz CT molecular complexity index is 678. The first-order valence-electron chi connectivity index (χ1n) is 6.58. The second-order valence-electron chi connectivity index (χ2n) is 4.39. The molecule has 0 saturated carbocycles. The number of thiophene rings is 1. The number of hydrogen-bond acceptors (Lipinski definition) is 5. The summed E-state index contributed by atoms with van der Waals surface area (Å²) in [6.45, 7) is 2.47. The Morgan fingerprint density at radius 2 is 1.90 bits per heavy atom. The van der Waals surface area contributed by atoms with Gasteiger partial charge in [0.1, 0.15) is 16.6 Å². The summed E-state index contributed by atoms with van der Waals surface area (Å²) in [7, 11) is -3.44. The van der Waals surface area contributed by atoms with Crippen molar-refractivity contribution in [3.63, 3.8) is 0 Å². The van der Waals surface area contributed by atoms with E-state index in [2.05, 4.69) is 4.72 Å². The Hall–Kier alpha value is -1.57. The summed E-state index contributed by atoms with van der Waals surface area (Å²) in [5.74, 6) is 0.660. The second kappa shape index (κ2) is 6.93. The van der Waals surface area contributed by atoms with Gasteiger partial charge in [-0.3, -0.25) is 0 Å². The van der Waals surface area contributed by atoms with Gasteiger partial charge in [0.2, 0.25) is 10.0 Å². The molecule has 1 aromatic carbocycles. The van der Waals surface area contributed by atoms with E-state index in [1.54, 1.807) is 30.3 Å². The van der Waals surface area contributed by atoms with E-state index in [0.29, 0.717) is 15.6 Å². The van der Waals surface area contributed by atoms with Crippen molar-refractivity contribution in [1.29, 1.82) is 0 Å². The summed E-state index contributed by atoms with van der Waals surface area (Å²) in [4.78, 5) is 1.05. The van der Waals surface area contributed by atoms with Crippen LogP contribution in [0.2, 0.25) is 0 Å². The molecule has 1 aromatic heterocycles. The maximum Gasteiger partial charge on any atom is 0.250 e. The van der Waals surface area contributed by atoms with Crippen LogP contribution in [0, 0.1) is 0 Å². The van der Waals surface area contributed by atoms with E-state index in [9.17, 15) is 8.42 Å². The highest BCUT2D eigenvalue weighted by Crippen LogP contribution is 2.21. The summed E-state index contributed by atoms with van der Waals surface area (Å²) in [5.41, 5.74) is 6.23. The number of ether oxygens (including phenoxy) is 1. The Kier molecular flexibility index (Phi) is 5.22. The third-order valence-corrected chi connectivity index (χ3v) is 5.98. The summed E-state index contributed by atoms with van der Waals surface area (Å²) in [6.07, 6.45) is 0.834. The third kappa shape index (κ3) is 4.45. The molecule has 0 bridgehead atoms. The van der Waals surface area contributed by atoms with Crippen LogP contribution in [0.4, 0.5) is 5.69 Å². The smallest absolute Gasteiger partial charge is 0.250 e. The second-order valence-corrected chi connectivity index (χ2v) is 7.55. The lowest BCUT2D eigenvalue weighted by molar-refractivity contribution is 0.323. The number of rotatable bonds is 7. The van der Waals surface area contributed by atoms with Gasteiger partial charge in [0.15, 0.2) is 0 Å². The first-order chi connectivity index (χ1) is 10.0. The quantitative estimate of drug-likeness (QED) is 0.604. The van der Waals surface area contributed by atoms with E-state index in [-0.39, 0.29) is 13.2 Å². The van der Waals surface area contributed by atoms with E-state index in [4.69, 9.17) is 10.5 Å². The first kappa shape index (κ1) is 15.8. The van der Waals surface area contributed by atoms with Crippen molar-refractivity contribution in [2.45, 2.75) is 17.6 Å². The van der Waals surface area contributed by atoms with Crippen LogP contribution < -0.4 is 15.2 Å². The van der Waals surface area contributed by atoms with E-state index in [1.165, 1.54) is 11.3 Å². The molecule has 5 nitrogen and oxygen atoms in total. The molecule has 0 unspecified atom stereocenters. The minimum absolute atomic E-state index is 0.214. The average molecular weight is 326 g/mol.